The molecule has 1 aliphatic carbocycles. The zero-order valence-corrected chi connectivity index (χ0v) is 18.7. The number of amides is 1. The minimum Gasteiger partial charge on any atom is -0.497 e. The van der Waals surface area contributed by atoms with Crippen LogP contribution in [0.15, 0.2) is 78.9 Å². The van der Waals surface area contributed by atoms with Gasteiger partial charge in [-0.25, -0.2) is 0 Å². The second kappa shape index (κ2) is 8.34. The van der Waals surface area contributed by atoms with Gasteiger partial charge in [-0.1, -0.05) is 42.5 Å². The lowest BCUT2D eigenvalue weighted by molar-refractivity contribution is -0.143. The van der Waals surface area contributed by atoms with Crippen molar-refractivity contribution in [2.24, 2.45) is 5.41 Å². The van der Waals surface area contributed by atoms with Crippen LogP contribution in [0.2, 0.25) is 0 Å². The molecule has 0 bridgehead atoms. The molecule has 1 heterocycles. The molecule has 0 radical (unpaired) electrons. The summed E-state index contributed by atoms with van der Waals surface area (Å²) in [5, 5.41) is 0. The van der Waals surface area contributed by atoms with E-state index in [0.717, 1.165) is 42.9 Å². The molecule has 1 saturated carbocycles. The van der Waals surface area contributed by atoms with Crippen LogP contribution in [0.1, 0.15) is 48.8 Å². The van der Waals surface area contributed by atoms with Gasteiger partial charge in [-0.2, -0.15) is 0 Å². The molecule has 4 nitrogen and oxygen atoms in total. The van der Waals surface area contributed by atoms with Gasteiger partial charge in [0.1, 0.15) is 11.5 Å². The van der Waals surface area contributed by atoms with Crippen LogP contribution in [0, 0.1) is 5.41 Å². The van der Waals surface area contributed by atoms with E-state index in [9.17, 15) is 4.79 Å². The maximum atomic E-state index is 13.7. The second-order valence-corrected chi connectivity index (χ2v) is 8.89. The Bertz CT molecular complexity index is 1070. The number of ether oxygens (including phenoxy) is 2. The third-order valence-corrected chi connectivity index (χ3v) is 7.36. The highest BCUT2D eigenvalue weighted by molar-refractivity contribution is 6.06. The Morgan fingerprint density at radius 1 is 0.750 bits per heavy atom. The summed E-state index contributed by atoms with van der Waals surface area (Å²) in [5.41, 5.74) is 3.15. The van der Waals surface area contributed by atoms with Crippen molar-refractivity contribution in [1.82, 2.24) is 0 Å². The molecule has 1 aliphatic heterocycles. The molecule has 1 saturated heterocycles. The van der Waals surface area contributed by atoms with Crippen LogP contribution in [0.3, 0.4) is 0 Å². The maximum absolute atomic E-state index is 13.7. The van der Waals surface area contributed by atoms with Crippen molar-refractivity contribution < 1.29 is 14.3 Å². The van der Waals surface area contributed by atoms with E-state index in [0.29, 0.717) is 5.92 Å². The third kappa shape index (κ3) is 3.35. The SMILES string of the molecule is COc1ccc([C@@H]2N(c3ccc(OC)cc3)C(=O)C23CCC(c2ccccc2)CC3)cc1. The molecule has 164 valence electrons. The Labute approximate surface area is 189 Å². The predicted octanol–water partition coefficient (Wildman–Crippen LogP) is 6.14. The van der Waals surface area contributed by atoms with Gasteiger partial charge in [0.05, 0.1) is 25.7 Å². The van der Waals surface area contributed by atoms with Gasteiger partial charge in [-0.05, 0) is 79.1 Å². The summed E-state index contributed by atoms with van der Waals surface area (Å²) in [5.74, 6) is 2.40. The van der Waals surface area contributed by atoms with Crippen LogP contribution in [0.25, 0.3) is 0 Å². The van der Waals surface area contributed by atoms with E-state index in [-0.39, 0.29) is 17.4 Å². The van der Waals surface area contributed by atoms with E-state index in [1.807, 2.05) is 41.3 Å². The Morgan fingerprint density at radius 2 is 1.31 bits per heavy atom. The fourth-order valence-corrected chi connectivity index (χ4v) is 5.60. The zero-order valence-electron chi connectivity index (χ0n) is 18.7. The molecule has 1 atom stereocenters. The molecular formula is C28H29NO3. The van der Waals surface area contributed by atoms with Crippen molar-refractivity contribution in [3.8, 4) is 11.5 Å². The summed E-state index contributed by atoms with van der Waals surface area (Å²) in [7, 11) is 3.34. The predicted molar refractivity (Wildman–Crippen MR) is 126 cm³/mol. The number of nitrogens with zero attached hydrogens (tertiary/aromatic N) is 1. The van der Waals surface area contributed by atoms with Crippen molar-refractivity contribution in [3.63, 3.8) is 0 Å². The number of hydrogen-bond donors (Lipinski definition) is 0. The van der Waals surface area contributed by atoms with Gasteiger partial charge >= 0.3 is 0 Å². The molecule has 0 N–H and O–H groups in total. The molecule has 0 unspecified atom stereocenters. The first kappa shape index (κ1) is 20.6. The highest BCUT2D eigenvalue weighted by Crippen LogP contribution is 2.60. The molecule has 3 aromatic rings. The van der Waals surface area contributed by atoms with E-state index in [2.05, 4.69) is 42.5 Å². The monoisotopic (exact) mass is 427 g/mol. The first-order valence-corrected chi connectivity index (χ1v) is 11.3. The molecule has 4 heteroatoms. The number of rotatable bonds is 5. The minimum absolute atomic E-state index is 0.0334. The maximum Gasteiger partial charge on any atom is 0.236 e. The van der Waals surface area contributed by atoms with Crippen LogP contribution >= 0.6 is 0 Å². The quantitative estimate of drug-likeness (QED) is 0.459. The average Bonchev–Trinajstić information content (AvgIpc) is 2.88. The Kier molecular flexibility index (Phi) is 5.38. The fourth-order valence-electron chi connectivity index (χ4n) is 5.60. The highest BCUT2D eigenvalue weighted by atomic mass is 16.5. The van der Waals surface area contributed by atoms with Crippen LogP contribution in [-0.4, -0.2) is 20.1 Å². The molecule has 5 rings (SSSR count). The Balaban J connectivity index is 1.46. The number of β-lactam (4-membered cyclic amide) rings is 1. The summed E-state index contributed by atoms with van der Waals surface area (Å²) in [6.07, 6.45) is 3.90. The number of hydrogen-bond acceptors (Lipinski definition) is 3. The highest BCUT2D eigenvalue weighted by Gasteiger charge is 2.61. The van der Waals surface area contributed by atoms with E-state index < -0.39 is 0 Å². The lowest BCUT2D eigenvalue weighted by atomic mass is 9.58. The largest absolute Gasteiger partial charge is 0.497 e. The first-order chi connectivity index (χ1) is 15.7. The van der Waals surface area contributed by atoms with Gasteiger partial charge in [0, 0.05) is 5.69 Å². The number of anilines is 1. The molecule has 1 amide bonds. The Morgan fingerprint density at radius 3 is 1.88 bits per heavy atom. The van der Waals surface area contributed by atoms with Crippen LogP contribution < -0.4 is 14.4 Å². The molecule has 3 aromatic carbocycles. The van der Waals surface area contributed by atoms with Crippen LogP contribution in [0.5, 0.6) is 11.5 Å². The van der Waals surface area contributed by atoms with Gasteiger partial charge < -0.3 is 14.4 Å². The van der Waals surface area contributed by atoms with E-state index >= 15 is 0 Å². The Hall–Kier alpha value is -3.27. The lowest BCUT2D eigenvalue weighted by Crippen LogP contribution is -2.64. The normalized spacial score (nSPS) is 24.8. The lowest BCUT2D eigenvalue weighted by Gasteiger charge is -2.58. The standard InChI is InChI=1S/C28H29NO3/c1-31-24-12-8-22(9-13-24)26-28(18-16-21(17-19-28)20-6-4-3-5-7-20)27(30)29(26)23-10-14-25(32-2)15-11-23/h3-15,21,26H,16-19H2,1-2H3/t21?,26-,28?/m0/s1. The number of benzene rings is 3. The van der Waals surface area contributed by atoms with Gasteiger partial charge in [0.2, 0.25) is 5.91 Å². The van der Waals surface area contributed by atoms with Gasteiger partial charge in [0.25, 0.3) is 0 Å². The topological polar surface area (TPSA) is 38.8 Å². The van der Waals surface area contributed by atoms with Crippen molar-refractivity contribution in [1.29, 1.82) is 0 Å². The molecule has 1 spiro atoms. The van der Waals surface area contributed by atoms with E-state index in [1.165, 1.54) is 11.1 Å². The average molecular weight is 428 g/mol. The van der Waals surface area contributed by atoms with E-state index in [4.69, 9.17) is 9.47 Å². The van der Waals surface area contributed by atoms with Crippen molar-refractivity contribution in [2.75, 3.05) is 19.1 Å². The van der Waals surface area contributed by atoms with Crippen molar-refractivity contribution in [2.45, 2.75) is 37.6 Å². The minimum atomic E-state index is -0.334. The summed E-state index contributed by atoms with van der Waals surface area (Å²) in [4.78, 5) is 15.7. The third-order valence-electron chi connectivity index (χ3n) is 7.36. The second-order valence-electron chi connectivity index (χ2n) is 8.89. The van der Waals surface area contributed by atoms with Crippen molar-refractivity contribution in [3.05, 3.63) is 90.0 Å². The van der Waals surface area contributed by atoms with Gasteiger partial charge in [0.15, 0.2) is 0 Å². The van der Waals surface area contributed by atoms with Crippen LogP contribution in [0.4, 0.5) is 5.69 Å². The first-order valence-electron chi connectivity index (χ1n) is 11.3. The molecule has 0 aromatic heterocycles. The summed E-state index contributed by atoms with van der Waals surface area (Å²) in [6, 6.07) is 26.8. The number of carbonyl (C=O) groups is 1. The summed E-state index contributed by atoms with van der Waals surface area (Å²) in [6.45, 7) is 0. The number of carbonyl (C=O) groups excluding carboxylic acids is 1. The zero-order chi connectivity index (χ0) is 22.1. The summed E-state index contributed by atoms with van der Waals surface area (Å²) < 4.78 is 10.7. The smallest absolute Gasteiger partial charge is 0.236 e. The van der Waals surface area contributed by atoms with Gasteiger partial charge in [-0.3, -0.25) is 4.79 Å². The molecular weight excluding hydrogens is 398 g/mol. The van der Waals surface area contributed by atoms with Crippen LogP contribution in [-0.2, 0) is 4.79 Å². The summed E-state index contributed by atoms with van der Waals surface area (Å²) >= 11 is 0. The van der Waals surface area contributed by atoms with E-state index in [1.54, 1.807) is 14.2 Å². The fraction of sp³-hybridized carbons (Fsp3) is 0.321. The molecule has 2 fully saturated rings. The van der Waals surface area contributed by atoms with Gasteiger partial charge in [-0.15, -0.1) is 0 Å². The molecule has 32 heavy (non-hydrogen) atoms. The molecule has 2 aliphatic rings. The number of methoxy groups -OCH3 is 2. The van der Waals surface area contributed by atoms with Crippen molar-refractivity contribution >= 4 is 11.6 Å².